The number of nitrogens with one attached hydrogen (secondary N) is 1. The third-order valence-electron chi connectivity index (χ3n) is 14.0. The number of esters is 5. The van der Waals surface area contributed by atoms with Crippen molar-refractivity contribution >= 4 is 35.9 Å². The molecule has 0 spiro atoms. The summed E-state index contributed by atoms with van der Waals surface area (Å²) in [5, 5.41) is 2.87. The summed E-state index contributed by atoms with van der Waals surface area (Å²) in [6.45, 7) is 13.6. The Morgan fingerprint density at radius 2 is 0.772 bits per heavy atom. The van der Waals surface area contributed by atoms with Gasteiger partial charge in [-0.1, -0.05) is 115 Å². The van der Waals surface area contributed by atoms with Crippen molar-refractivity contribution in [1.29, 1.82) is 0 Å². The van der Waals surface area contributed by atoms with Crippen molar-refractivity contribution in [1.82, 2.24) is 10.2 Å². The van der Waals surface area contributed by atoms with E-state index in [1.165, 1.54) is 12.8 Å². The quantitative estimate of drug-likeness (QED) is 0.0264. The largest absolute Gasteiger partial charge is 0.465 e. The average Bonchev–Trinajstić information content (AvgIpc) is 3.96. The van der Waals surface area contributed by atoms with Crippen molar-refractivity contribution in [2.24, 2.45) is 5.92 Å². The zero-order valence-electron chi connectivity index (χ0n) is 50.5. The van der Waals surface area contributed by atoms with Crippen LogP contribution in [0.1, 0.15) is 259 Å². The molecule has 0 aromatic carbocycles. The number of nitrogens with zero attached hydrogens (tertiary/aromatic N) is 1. The minimum absolute atomic E-state index is 0.0226. The smallest absolute Gasteiger partial charge is 0.407 e. The number of carbonyl (C=O) groups excluding carboxylic acids is 6. The van der Waals surface area contributed by atoms with Crippen LogP contribution in [-0.2, 0) is 52.4 Å². The molecule has 1 rings (SSSR count). The van der Waals surface area contributed by atoms with Crippen molar-refractivity contribution in [2.75, 3.05) is 46.0 Å². The molecule has 14 heteroatoms. The van der Waals surface area contributed by atoms with Crippen LogP contribution in [0, 0.1) is 5.92 Å². The molecule has 79 heavy (non-hydrogen) atoms. The van der Waals surface area contributed by atoms with E-state index in [4.69, 9.17) is 28.4 Å². The van der Waals surface area contributed by atoms with Gasteiger partial charge >= 0.3 is 35.9 Å². The van der Waals surface area contributed by atoms with Crippen LogP contribution in [0.25, 0.3) is 0 Å². The monoisotopic (exact) mass is 1110 g/mol. The van der Waals surface area contributed by atoms with Crippen LogP contribution in [0.2, 0.25) is 0 Å². The van der Waals surface area contributed by atoms with Gasteiger partial charge in [0.2, 0.25) is 0 Å². The standard InChI is InChI=1S/C65H112N2O12/c1-6-11-16-21-28-38-57(39-29-22-17-12-7-2)77-63(71)45-34-25-32-43-60(68)74-53-56(55-76-62(70)48-47-59(42-27-20-15-10-5)79-65(73)66-49-52-67-50-36-37-51-67)54-75-61(69)44-33-26-35-46-64(72)78-58(40-30-23-18-13-8-3)41-31-24-19-14-9-4/h11-14,16-19,56-59H,6-10,15,20-55H2,1-5H3,(H,66,73)/b16-11-,17-12-,18-13-,19-14-. The second-order valence-electron chi connectivity index (χ2n) is 21.4. The number of alkyl carbamates (subject to hydrolysis) is 1. The van der Waals surface area contributed by atoms with Crippen molar-refractivity contribution in [3.05, 3.63) is 48.6 Å². The first-order valence-corrected chi connectivity index (χ1v) is 31.7. The Labute approximate surface area is 479 Å². The van der Waals surface area contributed by atoms with E-state index in [0.29, 0.717) is 57.9 Å². The molecule has 0 radical (unpaired) electrons. The topological polar surface area (TPSA) is 173 Å². The molecule has 1 atom stereocenters. The minimum atomic E-state index is -0.611. The Bertz CT molecular complexity index is 1550. The van der Waals surface area contributed by atoms with Crippen molar-refractivity contribution in [3.8, 4) is 0 Å². The number of allylic oxidation sites excluding steroid dienone is 8. The van der Waals surface area contributed by atoms with Gasteiger partial charge < -0.3 is 38.6 Å². The van der Waals surface area contributed by atoms with Crippen molar-refractivity contribution in [3.63, 3.8) is 0 Å². The molecule has 0 saturated carbocycles. The van der Waals surface area contributed by atoms with Gasteiger partial charge in [-0.15, -0.1) is 0 Å². The summed E-state index contributed by atoms with van der Waals surface area (Å²) >= 11 is 0. The van der Waals surface area contributed by atoms with Crippen molar-refractivity contribution < 1.29 is 57.2 Å². The van der Waals surface area contributed by atoms with Gasteiger partial charge in [-0.05, 0) is 174 Å². The normalized spacial score (nSPS) is 13.4. The lowest BCUT2D eigenvalue weighted by Crippen LogP contribution is -2.35. The van der Waals surface area contributed by atoms with E-state index in [0.717, 1.165) is 148 Å². The molecule has 1 fully saturated rings. The highest BCUT2D eigenvalue weighted by Crippen LogP contribution is 2.19. The van der Waals surface area contributed by atoms with E-state index in [1.54, 1.807) is 0 Å². The second-order valence-corrected chi connectivity index (χ2v) is 21.4. The van der Waals surface area contributed by atoms with Gasteiger partial charge in [0.15, 0.2) is 0 Å². The third-order valence-corrected chi connectivity index (χ3v) is 14.0. The maximum Gasteiger partial charge on any atom is 0.407 e. The van der Waals surface area contributed by atoms with Crippen LogP contribution in [-0.4, -0.2) is 105 Å². The van der Waals surface area contributed by atoms with Gasteiger partial charge in [0.05, 0.1) is 5.92 Å². The number of carbonyl (C=O) groups is 6. The maximum absolute atomic E-state index is 13.2. The fraction of sp³-hybridized carbons (Fsp3) is 0.785. The number of hydrogen-bond donors (Lipinski definition) is 1. The van der Waals surface area contributed by atoms with E-state index in [1.807, 2.05) is 0 Å². The summed E-state index contributed by atoms with van der Waals surface area (Å²) in [6.07, 6.45) is 43.2. The molecule has 0 aliphatic carbocycles. The van der Waals surface area contributed by atoms with Crippen molar-refractivity contribution in [2.45, 2.75) is 278 Å². The third kappa shape index (κ3) is 45.9. The molecule has 0 bridgehead atoms. The van der Waals surface area contributed by atoms with Crippen LogP contribution in [0.5, 0.6) is 0 Å². The van der Waals surface area contributed by atoms with E-state index in [2.05, 4.69) is 93.4 Å². The Morgan fingerprint density at radius 3 is 1.18 bits per heavy atom. The summed E-state index contributed by atoms with van der Waals surface area (Å²) in [4.78, 5) is 79.9. The number of likely N-dealkylation sites (tertiary alicyclic amines) is 1. The summed E-state index contributed by atoms with van der Waals surface area (Å²) in [5.74, 6) is -2.37. The Balaban J connectivity index is 2.77. The lowest BCUT2D eigenvalue weighted by molar-refractivity contribution is -0.154. The SMILES string of the molecule is CC/C=C\CCCC(CCC/C=C\CC)OC(=O)CCCCCC(=O)OCC(COC(=O)CCCCCC(=O)OC(CCC/C=C\CC)CCC/C=C\CC)COC(=O)CCC(CCCCCC)OC(=O)NCCN1CCCC1. The van der Waals surface area contributed by atoms with E-state index >= 15 is 0 Å². The van der Waals surface area contributed by atoms with E-state index in [-0.39, 0.29) is 76.1 Å². The van der Waals surface area contributed by atoms with Gasteiger partial charge in [0.1, 0.15) is 38.1 Å². The highest BCUT2D eigenvalue weighted by atomic mass is 16.6. The highest BCUT2D eigenvalue weighted by Gasteiger charge is 2.22. The van der Waals surface area contributed by atoms with Gasteiger partial charge in [-0.25, -0.2) is 4.79 Å². The first-order chi connectivity index (χ1) is 38.5. The Hall–Kier alpha value is -4.46. The van der Waals surface area contributed by atoms with Gasteiger partial charge in [0, 0.05) is 45.2 Å². The van der Waals surface area contributed by atoms with E-state index in [9.17, 15) is 28.8 Å². The van der Waals surface area contributed by atoms with Crippen LogP contribution < -0.4 is 5.32 Å². The highest BCUT2D eigenvalue weighted by molar-refractivity contribution is 5.71. The number of ether oxygens (including phenoxy) is 6. The first kappa shape index (κ1) is 72.6. The minimum Gasteiger partial charge on any atom is -0.465 e. The van der Waals surface area contributed by atoms with Gasteiger partial charge in [-0.3, -0.25) is 24.0 Å². The summed E-state index contributed by atoms with van der Waals surface area (Å²) < 4.78 is 34.6. The molecule has 1 saturated heterocycles. The predicted octanol–water partition coefficient (Wildman–Crippen LogP) is 15.4. The van der Waals surface area contributed by atoms with Crippen LogP contribution in [0.4, 0.5) is 4.79 Å². The van der Waals surface area contributed by atoms with Gasteiger partial charge in [-0.2, -0.15) is 0 Å². The van der Waals surface area contributed by atoms with Crippen LogP contribution >= 0.6 is 0 Å². The number of hydrogen-bond acceptors (Lipinski definition) is 13. The number of amides is 1. The molecule has 454 valence electrons. The first-order valence-electron chi connectivity index (χ1n) is 31.7. The molecule has 1 amide bonds. The summed E-state index contributed by atoms with van der Waals surface area (Å²) in [6, 6.07) is 0. The fourth-order valence-electron chi connectivity index (χ4n) is 9.28. The Morgan fingerprint density at radius 1 is 0.405 bits per heavy atom. The Kier molecular flexibility index (Phi) is 48.6. The lowest BCUT2D eigenvalue weighted by Gasteiger charge is -2.20. The zero-order valence-corrected chi connectivity index (χ0v) is 50.5. The fourth-order valence-corrected chi connectivity index (χ4v) is 9.28. The summed E-state index contributed by atoms with van der Waals surface area (Å²) in [5.41, 5.74) is 0. The zero-order chi connectivity index (χ0) is 57.7. The van der Waals surface area contributed by atoms with Crippen LogP contribution in [0.15, 0.2) is 48.6 Å². The number of unbranched alkanes of at least 4 members (excludes halogenated alkanes) is 11. The van der Waals surface area contributed by atoms with Crippen LogP contribution in [0.3, 0.4) is 0 Å². The average molecular weight is 1110 g/mol. The van der Waals surface area contributed by atoms with E-state index < -0.39 is 36.0 Å². The second kappa shape index (κ2) is 52.9. The molecule has 0 aromatic heterocycles. The molecule has 0 aromatic rings. The predicted molar refractivity (Wildman–Crippen MR) is 317 cm³/mol. The molecule has 1 heterocycles. The molecule has 1 unspecified atom stereocenters. The lowest BCUT2D eigenvalue weighted by atomic mass is 10.0. The number of rotatable bonds is 52. The molecule has 1 aliphatic rings. The molecular weight excluding hydrogens is 1000 g/mol. The summed E-state index contributed by atoms with van der Waals surface area (Å²) in [7, 11) is 0. The molecule has 1 aliphatic heterocycles. The molecule has 1 N–H and O–H groups in total. The molecule has 14 nitrogen and oxygen atoms in total. The molecular formula is C65H112N2O12. The van der Waals surface area contributed by atoms with Gasteiger partial charge in [0.25, 0.3) is 0 Å². The maximum atomic E-state index is 13.2.